The zero-order valence-electron chi connectivity index (χ0n) is 11.9. The van der Waals surface area contributed by atoms with Crippen LogP contribution in [0.2, 0.25) is 0 Å². The lowest BCUT2D eigenvalue weighted by atomic mass is 9.73. The Morgan fingerprint density at radius 2 is 2.18 bits per heavy atom. The minimum atomic E-state index is 0.452. The fourth-order valence-electron chi connectivity index (χ4n) is 2.83. The van der Waals surface area contributed by atoms with Crippen LogP contribution in [0.25, 0.3) is 0 Å². The quantitative estimate of drug-likeness (QED) is 0.709. The van der Waals surface area contributed by atoms with Gasteiger partial charge in [-0.2, -0.15) is 11.8 Å². The van der Waals surface area contributed by atoms with E-state index in [1.165, 1.54) is 31.4 Å². The van der Waals surface area contributed by atoms with Crippen molar-refractivity contribution in [3.05, 3.63) is 0 Å². The number of hydrogen-bond donors (Lipinski definition) is 1. The number of hydrogen-bond acceptors (Lipinski definition) is 3. The number of thioether (sulfide) groups is 1. The van der Waals surface area contributed by atoms with E-state index in [1.54, 1.807) is 7.11 Å². The molecule has 3 heteroatoms. The molecule has 0 radical (unpaired) electrons. The number of methoxy groups -OCH3 is 1. The van der Waals surface area contributed by atoms with Crippen LogP contribution >= 0.6 is 11.8 Å². The van der Waals surface area contributed by atoms with E-state index < -0.39 is 0 Å². The third-order valence-electron chi connectivity index (χ3n) is 3.77. The maximum Gasteiger partial charge on any atom is 0.0470 e. The Kier molecular flexibility index (Phi) is 6.90. The van der Waals surface area contributed by atoms with Crippen LogP contribution in [0.4, 0.5) is 0 Å². The van der Waals surface area contributed by atoms with Crippen molar-refractivity contribution in [2.24, 2.45) is 5.41 Å². The van der Waals surface area contributed by atoms with Gasteiger partial charge in [-0.3, -0.25) is 0 Å². The average Bonchev–Trinajstić information content (AvgIpc) is 2.28. The summed E-state index contributed by atoms with van der Waals surface area (Å²) in [6, 6.07) is 0.675. The van der Waals surface area contributed by atoms with Crippen LogP contribution in [-0.2, 0) is 4.74 Å². The van der Waals surface area contributed by atoms with Gasteiger partial charge in [-0.1, -0.05) is 27.2 Å². The number of ether oxygens (including phenoxy) is 1. The first-order valence-corrected chi connectivity index (χ1v) is 8.00. The van der Waals surface area contributed by atoms with Crippen molar-refractivity contribution < 1.29 is 4.74 Å². The van der Waals surface area contributed by atoms with Crippen LogP contribution in [0.1, 0.15) is 46.5 Å². The Morgan fingerprint density at radius 1 is 1.41 bits per heavy atom. The van der Waals surface area contributed by atoms with Crippen molar-refractivity contribution in [1.29, 1.82) is 0 Å². The normalized spacial score (nSPS) is 28.2. The van der Waals surface area contributed by atoms with E-state index in [-0.39, 0.29) is 0 Å². The highest BCUT2D eigenvalue weighted by atomic mass is 32.2. The molecule has 0 aromatic carbocycles. The predicted octanol–water partition coefficient (Wildman–Crippen LogP) is 3.31. The summed E-state index contributed by atoms with van der Waals surface area (Å²) in [6.07, 6.45) is 5.30. The van der Waals surface area contributed by atoms with Gasteiger partial charge < -0.3 is 10.1 Å². The molecule has 2 nitrogen and oxygen atoms in total. The van der Waals surface area contributed by atoms with Crippen molar-refractivity contribution in [3.63, 3.8) is 0 Å². The van der Waals surface area contributed by atoms with Gasteiger partial charge in [-0.05, 0) is 37.0 Å². The Bertz CT molecular complexity index is 208. The second kappa shape index (κ2) is 7.65. The Morgan fingerprint density at radius 3 is 2.82 bits per heavy atom. The van der Waals surface area contributed by atoms with Crippen LogP contribution < -0.4 is 5.32 Å². The lowest BCUT2D eigenvalue weighted by Crippen LogP contribution is -2.51. The molecule has 1 saturated carbocycles. The fourth-order valence-corrected chi connectivity index (χ4v) is 4.41. The minimum absolute atomic E-state index is 0.452. The minimum Gasteiger partial charge on any atom is -0.385 e. The summed E-state index contributed by atoms with van der Waals surface area (Å²) in [5.41, 5.74) is 0.452. The molecule has 1 aliphatic carbocycles. The smallest absolute Gasteiger partial charge is 0.0470 e. The van der Waals surface area contributed by atoms with Crippen molar-refractivity contribution in [2.75, 3.05) is 26.0 Å². The van der Waals surface area contributed by atoms with E-state index in [2.05, 4.69) is 37.8 Å². The molecule has 2 atom stereocenters. The summed E-state index contributed by atoms with van der Waals surface area (Å²) in [7, 11) is 1.79. The molecule has 0 amide bonds. The monoisotopic (exact) mass is 259 g/mol. The molecule has 1 aliphatic rings. The van der Waals surface area contributed by atoms with E-state index in [1.807, 2.05) is 0 Å². The van der Waals surface area contributed by atoms with Gasteiger partial charge in [-0.25, -0.2) is 0 Å². The highest BCUT2D eigenvalue weighted by Gasteiger charge is 2.38. The van der Waals surface area contributed by atoms with Gasteiger partial charge in [0, 0.05) is 25.0 Å². The highest BCUT2D eigenvalue weighted by molar-refractivity contribution is 7.99. The summed E-state index contributed by atoms with van der Waals surface area (Å²) in [5, 5.41) is 4.50. The molecule has 0 aliphatic heterocycles. The summed E-state index contributed by atoms with van der Waals surface area (Å²) in [4.78, 5) is 0. The summed E-state index contributed by atoms with van der Waals surface area (Å²) < 4.78 is 5.12. The van der Waals surface area contributed by atoms with Gasteiger partial charge in [0.2, 0.25) is 0 Å². The molecule has 0 bridgehead atoms. The van der Waals surface area contributed by atoms with Crippen molar-refractivity contribution in [1.82, 2.24) is 5.32 Å². The molecule has 1 rings (SSSR count). The maximum atomic E-state index is 5.12. The van der Waals surface area contributed by atoms with Crippen LogP contribution in [-0.4, -0.2) is 37.3 Å². The third kappa shape index (κ3) is 4.80. The Hall–Kier alpha value is 0.270. The molecule has 102 valence electrons. The van der Waals surface area contributed by atoms with Gasteiger partial charge in [0.05, 0.1) is 0 Å². The molecule has 0 heterocycles. The molecule has 0 spiro atoms. The number of rotatable bonds is 7. The molecular formula is C14H29NOS. The van der Waals surface area contributed by atoms with Crippen molar-refractivity contribution >= 4 is 11.8 Å². The van der Waals surface area contributed by atoms with E-state index in [4.69, 9.17) is 4.74 Å². The lowest BCUT2D eigenvalue weighted by Gasteiger charge is -2.44. The van der Waals surface area contributed by atoms with E-state index in [0.29, 0.717) is 11.5 Å². The molecule has 1 fully saturated rings. The third-order valence-corrected chi connectivity index (χ3v) is 5.23. The molecule has 0 aromatic heterocycles. The SMILES string of the molecule is CCNC1C(SCCCOC)CCCC1(C)C. The number of nitrogens with one attached hydrogen (secondary N) is 1. The molecule has 1 N–H and O–H groups in total. The average molecular weight is 259 g/mol. The second-order valence-corrected chi connectivity index (χ2v) is 7.02. The Labute approximate surface area is 111 Å². The molecule has 0 aromatic rings. The first kappa shape index (κ1) is 15.3. The van der Waals surface area contributed by atoms with E-state index in [9.17, 15) is 0 Å². The van der Waals surface area contributed by atoms with Crippen molar-refractivity contribution in [2.45, 2.75) is 57.7 Å². The first-order valence-electron chi connectivity index (χ1n) is 6.95. The fraction of sp³-hybridized carbons (Fsp3) is 1.00. The molecule has 0 saturated heterocycles. The Balaban J connectivity index is 2.43. The lowest BCUT2D eigenvalue weighted by molar-refractivity contribution is 0.176. The largest absolute Gasteiger partial charge is 0.385 e. The van der Waals surface area contributed by atoms with Gasteiger partial charge in [0.15, 0.2) is 0 Å². The van der Waals surface area contributed by atoms with Crippen LogP contribution in [0.15, 0.2) is 0 Å². The highest BCUT2D eigenvalue weighted by Crippen LogP contribution is 2.40. The predicted molar refractivity (Wildman–Crippen MR) is 77.8 cm³/mol. The van der Waals surface area contributed by atoms with Crippen LogP contribution in [0.3, 0.4) is 0 Å². The summed E-state index contributed by atoms with van der Waals surface area (Å²) >= 11 is 2.15. The molecular weight excluding hydrogens is 230 g/mol. The van der Waals surface area contributed by atoms with Crippen molar-refractivity contribution in [3.8, 4) is 0 Å². The molecule has 2 unspecified atom stereocenters. The summed E-state index contributed by atoms with van der Waals surface area (Å²) in [6.45, 7) is 9.04. The second-order valence-electron chi connectivity index (χ2n) is 5.67. The van der Waals surface area contributed by atoms with E-state index in [0.717, 1.165) is 18.4 Å². The summed E-state index contributed by atoms with van der Waals surface area (Å²) in [5.74, 6) is 1.23. The topological polar surface area (TPSA) is 21.3 Å². The van der Waals surface area contributed by atoms with Gasteiger partial charge in [-0.15, -0.1) is 0 Å². The van der Waals surface area contributed by atoms with Crippen LogP contribution in [0.5, 0.6) is 0 Å². The molecule has 17 heavy (non-hydrogen) atoms. The van der Waals surface area contributed by atoms with E-state index >= 15 is 0 Å². The van der Waals surface area contributed by atoms with Gasteiger partial charge in [0.25, 0.3) is 0 Å². The first-order chi connectivity index (χ1) is 8.11. The maximum absolute atomic E-state index is 5.12. The zero-order valence-corrected chi connectivity index (χ0v) is 12.7. The zero-order chi connectivity index (χ0) is 12.7. The van der Waals surface area contributed by atoms with Gasteiger partial charge >= 0.3 is 0 Å². The standard InChI is InChI=1S/C14H29NOS/c1-5-15-13-12(17-11-7-10-16-4)8-6-9-14(13,2)3/h12-13,15H,5-11H2,1-4H3. The van der Waals surface area contributed by atoms with Crippen LogP contribution in [0, 0.1) is 5.41 Å². The van der Waals surface area contributed by atoms with Gasteiger partial charge in [0.1, 0.15) is 0 Å².